The smallest absolute Gasteiger partial charge is 0.119 e. The van der Waals surface area contributed by atoms with E-state index in [1.165, 1.54) is 11.1 Å². The molecule has 0 amide bonds. The summed E-state index contributed by atoms with van der Waals surface area (Å²) < 4.78 is 7.32. The monoisotopic (exact) mass is 287 g/mol. The summed E-state index contributed by atoms with van der Waals surface area (Å²) in [5, 5.41) is 7.98. The van der Waals surface area contributed by atoms with Crippen LogP contribution in [0.1, 0.15) is 37.4 Å². The first-order chi connectivity index (χ1) is 10.3. The van der Waals surface area contributed by atoms with Crippen molar-refractivity contribution in [2.24, 2.45) is 0 Å². The molecule has 1 N–H and O–H groups in total. The molecule has 1 aromatic carbocycles. The van der Waals surface area contributed by atoms with Crippen molar-refractivity contribution < 1.29 is 4.74 Å². The summed E-state index contributed by atoms with van der Waals surface area (Å²) in [5.41, 5.74) is 2.51. The van der Waals surface area contributed by atoms with Gasteiger partial charge in [-0.3, -0.25) is 4.68 Å². The van der Waals surface area contributed by atoms with E-state index in [-0.39, 0.29) is 6.04 Å². The van der Waals surface area contributed by atoms with E-state index in [0.29, 0.717) is 0 Å². The van der Waals surface area contributed by atoms with Gasteiger partial charge in [-0.1, -0.05) is 26.0 Å². The highest BCUT2D eigenvalue weighted by atomic mass is 16.5. The number of nitrogens with zero attached hydrogens (tertiary/aromatic N) is 2. The van der Waals surface area contributed by atoms with Crippen LogP contribution in [0.5, 0.6) is 5.75 Å². The molecule has 0 saturated carbocycles. The Morgan fingerprint density at radius 2 is 2.19 bits per heavy atom. The van der Waals surface area contributed by atoms with Gasteiger partial charge in [0.05, 0.1) is 13.3 Å². The number of aromatic nitrogens is 2. The summed E-state index contributed by atoms with van der Waals surface area (Å²) in [7, 11) is 1.70. The Hall–Kier alpha value is -1.81. The van der Waals surface area contributed by atoms with E-state index >= 15 is 0 Å². The minimum atomic E-state index is 0.285. The molecule has 1 aromatic heterocycles. The molecule has 4 nitrogen and oxygen atoms in total. The third-order valence-electron chi connectivity index (χ3n) is 3.53. The Morgan fingerprint density at radius 1 is 1.33 bits per heavy atom. The Morgan fingerprint density at radius 3 is 2.90 bits per heavy atom. The molecule has 2 aromatic rings. The highest BCUT2D eigenvalue weighted by Crippen LogP contribution is 2.21. The van der Waals surface area contributed by atoms with Gasteiger partial charge in [-0.05, 0) is 37.1 Å². The van der Waals surface area contributed by atoms with Crippen LogP contribution < -0.4 is 10.1 Å². The van der Waals surface area contributed by atoms with Crippen LogP contribution in [0.2, 0.25) is 0 Å². The van der Waals surface area contributed by atoms with Crippen LogP contribution in [-0.2, 0) is 13.0 Å². The zero-order chi connectivity index (χ0) is 15.1. The number of likely N-dealkylation sites (N-methyl/N-ethyl adjacent to an activating group) is 1. The molecule has 1 heterocycles. The van der Waals surface area contributed by atoms with Crippen molar-refractivity contribution in [3.05, 3.63) is 47.8 Å². The molecule has 21 heavy (non-hydrogen) atoms. The second-order valence-corrected chi connectivity index (χ2v) is 5.20. The van der Waals surface area contributed by atoms with Crippen LogP contribution >= 0.6 is 0 Å². The van der Waals surface area contributed by atoms with Crippen molar-refractivity contribution in [1.29, 1.82) is 0 Å². The SMILES string of the molecule is CCCn1cc(C(Cc2cccc(OC)c2)NCC)cn1. The molecule has 0 saturated heterocycles. The van der Waals surface area contributed by atoms with Crippen molar-refractivity contribution in [2.75, 3.05) is 13.7 Å². The maximum absolute atomic E-state index is 5.30. The summed E-state index contributed by atoms with van der Waals surface area (Å²) >= 11 is 0. The van der Waals surface area contributed by atoms with Crippen molar-refractivity contribution in [2.45, 2.75) is 39.3 Å². The number of ether oxygens (including phenoxy) is 1. The molecule has 0 radical (unpaired) electrons. The van der Waals surface area contributed by atoms with Gasteiger partial charge < -0.3 is 10.1 Å². The fourth-order valence-electron chi connectivity index (χ4n) is 2.50. The lowest BCUT2D eigenvalue weighted by Crippen LogP contribution is -2.22. The van der Waals surface area contributed by atoms with Crippen LogP contribution in [-0.4, -0.2) is 23.4 Å². The molecule has 0 bridgehead atoms. The summed E-state index contributed by atoms with van der Waals surface area (Å²) in [5.74, 6) is 0.907. The van der Waals surface area contributed by atoms with Gasteiger partial charge in [0, 0.05) is 24.3 Å². The number of nitrogens with one attached hydrogen (secondary N) is 1. The maximum atomic E-state index is 5.30. The van der Waals surface area contributed by atoms with E-state index in [0.717, 1.165) is 31.7 Å². The van der Waals surface area contributed by atoms with Gasteiger partial charge in [-0.15, -0.1) is 0 Å². The number of rotatable bonds is 8. The first-order valence-electron chi connectivity index (χ1n) is 7.65. The third-order valence-corrected chi connectivity index (χ3v) is 3.53. The van der Waals surface area contributed by atoms with Gasteiger partial charge in [0.2, 0.25) is 0 Å². The minimum Gasteiger partial charge on any atom is -0.497 e. The van der Waals surface area contributed by atoms with Crippen LogP contribution in [0, 0.1) is 0 Å². The molecule has 0 fully saturated rings. The van der Waals surface area contributed by atoms with E-state index in [2.05, 4.69) is 42.6 Å². The summed E-state index contributed by atoms with van der Waals surface area (Å²) in [6, 6.07) is 8.54. The number of hydrogen-bond acceptors (Lipinski definition) is 3. The van der Waals surface area contributed by atoms with Crippen LogP contribution in [0.4, 0.5) is 0 Å². The second-order valence-electron chi connectivity index (χ2n) is 5.20. The van der Waals surface area contributed by atoms with E-state index in [4.69, 9.17) is 4.74 Å². The fourth-order valence-corrected chi connectivity index (χ4v) is 2.50. The molecule has 0 spiro atoms. The second kappa shape index (κ2) is 7.84. The van der Waals surface area contributed by atoms with Crippen molar-refractivity contribution >= 4 is 0 Å². The Kier molecular flexibility index (Phi) is 5.81. The number of benzene rings is 1. The zero-order valence-electron chi connectivity index (χ0n) is 13.2. The molecule has 0 aliphatic carbocycles. The number of hydrogen-bond donors (Lipinski definition) is 1. The predicted molar refractivity (Wildman–Crippen MR) is 85.6 cm³/mol. The van der Waals surface area contributed by atoms with Crippen LogP contribution in [0.25, 0.3) is 0 Å². The highest BCUT2D eigenvalue weighted by Gasteiger charge is 2.13. The standard InChI is InChI=1S/C17H25N3O/c1-4-9-20-13-15(12-19-20)17(18-5-2)11-14-7-6-8-16(10-14)21-3/h6-8,10,12-13,17-18H,4-5,9,11H2,1-3H3. The zero-order valence-corrected chi connectivity index (χ0v) is 13.2. The van der Waals surface area contributed by atoms with E-state index in [1.807, 2.05) is 23.0 Å². The predicted octanol–water partition coefficient (Wildman–Crippen LogP) is 3.20. The van der Waals surface area contributed by atoms with E-state index < -0.39 is 0 Å². The van der Waals surface area contributed by atoms with Crippen LogP contribution in [0.3, 0.4) is 0 Å². The van der Waals surface area contributed by atoms with Gasteiger partial charge in [0.15, 0.2) is 0 Å². The molecular formula is C17H25N3O. The lowest BCUT2D eigenvalue weighted by atomic mass is 10.0. The van der Waals surface area contributed by atoms with E-state index in [1.54, 1.807) is 7.11 Å². The van der Waals surface area contributed by atoms with Gasteiger partial charge in [0.1, 0.15) is 5.75 Å². The quantitative estimate of drug-likeness (QED) is 0.810. The minimum absolute atomic E-state index is 0.285. The molecule has 1 unspecified atom stereocenters. The lowest BCUT2D eigenvalue weighted by Gasteiger charge is -2.17. The lowest BCUT2D eigenvalue weighted by molar-refractivity contribution is 0.414. The summed E-state index contributed by atoms with van der Waals surface area (Å²) in [6.45, 7) is 6.21. The Bertz CT molecular complexity index is 550. The maximum Gasteiger partial charge on any atom is 0.119 e. The van der Waals surface area contributed by atoms with Crippen molar-refractivity contribution in [3.63, 3.8) is 0 Å². The van der Waals surface area contributed by atoms with Gasteiger partial charge in [-0.25, -0.2) is 0 Å². The van der Waals surface area contributed by atoms with Gasteiger partial charge in [0.25, 0.3) is 0 Å². The third kappa shape index (κ3) is 4.33. The largest absolute Gasteiger partial charge is 0.497 e. The summed E-state index contributed by atoms with van der Waals surface area (Å²) in [6.07, 6.45) is 6.16. The average Bonchev–Trinajstić information content (AvgIpc) is 2.96. The average molecular weight is 287 g/mol. The van der Waals surface area contributed by atoms with Crippen molar-refractivity contribution in [3.8, 4) is 5.75 Å². The van der Waals surface area contributed by atoms with Gasteiger partial charge >= 0.3 is 0 Å². The molecule has 2 rings (SSSR count). The topological polar surface area (TPSA) is 39.1 Å². The van der Waals surface area contributed by atoms with Gasteiger partial charge in [-0.2, -0.15) is 5.10 Å². The normalized spacial score (nSPS) is 12.3. The molecule has 114 valence electrons. The van der Waals surface area contributed by atoms with Crippen molar-refractivity contribution in [1.82, 2.24) is 15.1 Å². The highest BCUT2D eigenvalue weighted by molar-refractivity contribution is 5.30. The van der Waals surface area contributed by atoms with E-state index in [9.17, 15) is 0 Å². The Balaban J connectivity index is 2.13. The molecule has 0 aliphatic rings. The molecule has 0 aliphatic heterocycles. The molecule has 4 heteroatoms. The number of methoxy groups -OCH3 is 1. The summed E-state index contributed by atoms with van der Waals surface area (Å²) in [4.78, 5) is 0. The molecular weight excluding hydrogens is 262 g/mol. The number of aryl methyl sites for hydroxylation is 1. The first-order valence-corrected chi connectivity index (χ1v) is 7.65. The Labute approximate surface area is 127 Å². The fraction of sp³-hybridized carbons (Fsp3) is 0.471. The molecule has 1 atom stereocenters. The van der Waals surface area contributed by atoms with Crippen LogP contribution in [0.15, 0.2) is 36.7 Å². The first kappa shape index (κ1) is 15.6.